The van der Waals surface area contributed by atoms with Crippen molar-refractivity contribution in [3.8, 4) is 0 Å². The molecule has 129 valence electrons. The summed E-state index contributed by atoms with van der Waals surface area (Å²) < 4.78 is 5.25. The van der Waals surface area contributed by atoms with Crippen molar-refractivity contribution in [3.63, 3.8) is 0 Å². The first kappa shape index (κ1) is 23.2. The van der Waals surface area contributed by atoms with Gasteiger partial charge in [-0.2, -0.15) is 0 Å². The Labute approximate surface area is 143 Å². The smallest absolute Gasteiger partial charge is 0.305 e. The maximum absolute atomic E-state index is 11.5. The van der Waals surface area contributed by atoms with Crippen molar-refractivity contribution < 1.29 is 26.3 Å². The van der Waals surface area contributed by atoms with Gasteiger partial charge in [-0.3, -0.25) is 4.79 Å². The van der Waals surface area contributed by atoms with E-state index in [0.29, 0.717) is 13.0 Å². The van der Waals surface area contributed by atoms with E-state index in [1.54, 1.807) is 0 Å². The van der Waals surface area contributed by atoms with Crippen LogP contribution in [0, 0.1) is 0 Å². The van der Waals surface area contributed by atoms with Crippen molar-refractivity contribution in [2.75, 3.05) is 6.61 Å². The van der Waals surface area contributed by atoms with Gasteiger partial charge in [0, 0.05) is 23.2 Å². The number of carbonyl (C=O) groups is 1. The molecule has 0 saturated carbocycles. The van der Waals surface area contributed by atoms with Crippen LogP contribution < -0.4 is 0 Å². The fourth-order valence-electron chi connectivity index (χ4n) is 2.37. The van der Waals surface area contributed by atoms with Crippen molar-refractivity contribution >= 4 is 5.97 Å². The molecular weight excluding hydrogens is 307 g/mol. The van der Waals surface area contributed by atoms with Crippen LogP contribution in [0.4, 0.5) is 0 Å². The minimum absolute atomic E-state index is 0. The van der Waals surface area contributed by atoms with Gasteiger partial charge in [-0.1, -0.05) is 84.5 Å². The predicted molar refractivity (Wildman–Crippen MR) is 86.9 cm³/mol. The maximum atomic E-state index is 11.5. The van der Waals surface area contributed by atoms with Gasteiger partial charge in [0.15, 0.2) is 0 Å². The molecule has 0 aromatic heterocycles. The van der Waals surface area contributed by atoms with Gasteiger partial charge in [0.25, 0.3) is 0 Å². The van der Waals surface area contributed by atoms with Crippen LogP contribution in [0.1, 0.15) is 104 Å². The molecule has 0 aliphatic rings. The third kappa shape index (κ3) is 20.0. The van der Waals surface area contributed by atoms with E-state index in [0.717, 1.165) is 12.8 Å². The van der Waals surface area contributed by atoms with E-state index in [9.17, 15) is 4.79 Å². The van der Waals surface area contributed by atoms with E-state index in [4.69, 9.17) is 4.74 Å². The number of esters is 1. The summed E-state index contributed by atoms with van der Waals surface area (Å²) >= 11 is 0. The molecule has 0 aromatic carbocycles. The molecule has 3 heteroatoms. The van der Waals surface area contributed by atoms with Crippen molar-refractivity contribution in [1.29, 1.82) is 0 Å². The van der Waals surface area contributed by atoms with E-state index in [1.807, 2.05) is 0 Å². The third-order valence-electron chi connectivity index (χ3n) is 3.75. The summed E-state index contributed by atoms with van der Waals surface area (Å²) in [5, 5.41) is 0. The Kier molecular flexibility index (Phi) is 22.1. The molecule has 2 nitrogen and oxygen atoms in total. The number of hydrogen-bond acceptors (Lipinski definition) is 2. The number of hydrogen-bond donors (Lipinski definition) is 0. The summed E-state index contributed by atoms with van der Waals surface area (Å²) in [6.45, 7) is 5.09. The molecule has 21 heavy (non-hydrogen) atoms. The zero-order chi connectivity index (χ0) is 14.9. The standard InChI is InChI=1S/C18H36O2.Co/c1-3-5-7-9-11-12-14-16-18(19)20-17-15-13-10-8-6-4-2;/h3-17H2,1-2H3;. The molecule has 0 heterocycles. The van der Waals surface area contributed by atoms with Crippen LogP contribution in [-0.2, 0) is 26.3 Å². The Morgan fingerprint density at radius 1 is 0.667 bits per heavy atom. The van der Waals surface area contributed by atoms with E-state index in [1.165, 1.54) is 70.6 Å². The molecule has 0 aliphatic heterocycles. The first-order valence-electron chi connectivity index (χ1n) is 8.96. The molecule has 0 aliphatic carbocycles. The number of carbonyl (C=O) groups excluding carboxylic acids is 1. The van der Waals surface area contributed by atoms with Gasteiger partial charge in [-0.25, -0.2) is 0 Å². The van der Waals surface area contributed by atoms with Crippen molar-refractivity contribution in [2.24, 2.45) is 0 Å². The number of ether oxygens (including phenoxy) is 1. The van der Waals surface area contributed by atoms with Gasteiger partial charge in [-0.15, -0.1) is 0 Å². The van der Waals surface area contributed by atoms with E-state index in [-0.39, 0.29) is 22.7 Å². The van der Waals surface area contributed by atoms with Gasteiger partial charge in [0.05, 0.1) is 6.61 Å². The fourth-order valence-corrected chi connectivity index (χ4v) is 2.37. The second kappa shape index (κ2) is 20.0. The van der Waals surface area contributed by atoms with Crippen molar-refractivity contribution in [3.05, 3.63) is 0 Å². The zero-order valence-electron chi connectivity index (χ0n) is 14.3. The first-order chi connectivity index (χ1) is 9.81. The molecule has 0 atom stereocenters. The molecule has 0 amide bonds. The largest absolute Gasteiger partial charge is 0.466 e. The Morgan fingerprint density at radius 3 is 1.62 bits per heavy atom. The zero-order valence-corrected chi connectivity index (χ0v) is 15.3. The maximum Gasteiger partial charge on any atom is 0.305 e. The summed E-state index contributed by atoms with van der Waals surface area (Å²) in [6.07, 6.45) is 16.8. The van der Waals surface area contributed by atoms with Crippen LogP contribution in [0.5, 0.6) is 0 Å². The van der Waals surface area contributed by atoms with Gasteiger partial charge in [0.2, 0.25) is 0 Å². The van der Waals surface area contributed by atoms with Crippen LogP contribution in [0.3, 0.4) is 0 Å². The number of rotatable bonds is 15. The van der Waals surface area contributed by atoms with E-state index < -0.39 is 0 Å². The molecule has 0 saturated heterocycles. The van der Waals surface area contributed by atoms with Gasteiger partial charge < -0.3 is 4.74 Å². The Morgan fingerprint density at radius 2 is 1.10 bits per heavy atom. The first-order valence-corrected chi connectivity index (χ1v) is 8.96. The Hall–Kier alpha value is -0.0235. The molecule has 0 bridgehead atoms. The predicted octanol–water partition coefficient (Wildman–Crippen LogP) is 6.03. The summed E-state index contributed by atoms with van der Waals surface area (Å²) in [6, 6.07) is 0. The van der Waals surface area contributed by atoms with Crippen molar-refractivity contribution in [1.82, 2.24) is 0 Å². The second-order valence-corrected chi connectivity index (χ2v) is 5.86. The van der Waals surface area contributed by atoms with Crippen LogP contribution in [0.15, 0.2) is 0 Å². The van der Waals surface area contributed by atoms with E-state index in [2.05, 4.69) is 13.8 Å². The molecule has 0 N–H and O–H groups in total. The van der Waals surface area contributed by atoms with Crippen LogP contribution in [-0.4, -0.2) is 12.6 Å². The summed E-state index contributed by atoms with van der Waals surface area (Å²) in [7, 11) is 0. The van der Waals surface area contributed by atoms with E-state index >= 15 is 0 Å². The minimum Gasteiger partial charge on any atom is -0.466 e. The SMILES string of the molecule is CCCCCCCCCC(=O)OCCCCCCCC.[Co]. The van der Waals surface area contributed by atoms with Crippen molar-refractivity contribution in [2.45, 2.75) is 104 Å². The topological polar surface area (TPSA) is 26.3 Å². The fraction of sp³-hybridized carbons (Fsp3) is 0.944. The monoisotopic (exact) mass is 343 g/mol. The van der Waals surface area contributed by atoms with Gasteiger partial charge in [-0.05, 0) is 12.8 Å². The average Bonchev–Trinajstić information content (AvgIpc) is 2.45. The molecular formula is C18H36CoO2. The molecule has 0 aromatic rings. The Bertz CT molecular complexity index is 187. The van der Waals surface area contributed by atoms with Crippen LogP contribution >= 0.6 is 0 Å². The number of unbranched alkanes of at least 4 members (excludes halogenated alkanes) is 11. The second-order valence-electron chi connectivity index (χ2n) is 5.86. The summed E-state index contributed by atoms with van der Waals surface area (Å²) in [5.74, 6) is 0.00659. The van der Waals surface area contributed by atoms with Crippen LogP contribution in [0.2, 0.25) is 0 Å². The van der Waals surface area contributed by atoms with Gasteiger partial charge >= 0.3 is 5.97 Å². The molecule has 0 fully saturated rings. The summed E-state index contributed by atoms with van der Waals surface area (Å²) in [5.41, 5.74) is 0. The normalized spacial score (nSPS) is 10.2. The molecule has 1 radical (unpaired) electrons. The minimum atomic E-state index is 0. The third-order valence-corrected chi connectivity index (χ3v) is 3.75. The van der Waals surface area contributed by atoms with Gasteiger partial charge in [0.1, 0.15) is 0 Å². The molecule has 0 spiro atoms. The summed E-state index contributed by atoms with van der Waals surface area (Å²) in [4.78, 5) is 11.5. The Balaban J connectivity index is 0. The average molecular weight is 343 g/mol. The molecule has 0 rings (SSSR count). The van der Waals surface area contributed by atoms with Crippen LogP contribution in [0.25, 0.3) is 0 Å². The quantitative estimate of drug-likeness (QED) is 0.268. The molecule has 0 unspecified atom stereocenters.